The van der Waals surface area contributed by atoms with Crippen molar-refractivity contribution in [2.75, 3.05) is 36.9 Å². The van der Waals surface area contributed by atoms with Crippen molar-refractivity contribution < 1.29 is 4.74 Å². The summed E-state index contributed by atoms with van der Waals surface area (Å²) in [6.07, 6.45) is 3.48. The molecule has 1 saturated heterocycles. The van der Waals surface area contributed by atoms with Crippen molar-refractivity contribution in [3.05, 3.63) is 30.6 Å². The number of morpholine rings is 1. The fraction of sp³-hybridized carbons (Fsp3) is 0.308. The Morgan fingerprint density at radius 2 is 1.84 bits per heavy atom. The Bertz CT molecular complexity index is 554. The van der Waals surface area contributed by atoms with Gasteiger partial charge in [0.1, 0.15) is 5.82 Å². The van der Waals surface area contributed by atoms with Gasteiger partial charge in [-0.2, -0.15) is 4.98 Å². The molecule has 1 fully saturated rings. The van der Waals surface area contributed by atoms with Crippen molar-refractivity contribution in [1.29, 1.82) is 0 Å². The minimum Gasteiger partial charge on any atom is -0.384 e. The summed E-state index contributed by atoms with van der Waals surface area (Å²) in [6, 6.07) is 5.59. The van der Waals surface area contributed by atoms with E-state index in [1.165, 1.54) is 0 Å². The highest BCUT2D eigenvalue weighted by Gasteiger charge is 2.15. The summed E-state index contributed by atoms with van der Waals surface area (Å²) in [5, 5.41) is 0. The molecule has 6 nitrogen and oxygen atoms in total. The number of hydrogen-bond donors (Lipinski definition) is 1. The van der Waals surface area contributed by atoms with E-state index in [1.807, 2.05) is 12.1 Å². The molecule has 3 heterocycles. The van der Waals surface area contributed by atoms with E-state index in [1.54, 1.807) is 18.5 Å². The van der Waals surface area contributed by atoms with Crippen LogP contribution in [0.25, 0.3) is 11.3 Å². The molecule has 0 bridgehead atoms. The van der Waals surface area contributed by atoms with E-state index in [2.05, 4.69) is 19.9 Å². The summed E-state index contributed by atoms with van der Waals surface area (Å²) in [7, 11) is 0. The molecule has 0 spiro atoms. The van der Waals surface area contributed by atoms with Crippen LogP contribution in [0.3, 0.4) is 0 Å². The van der Waals surface area contributed by atoms with Gasteiger partial charge in [0.2, 0.25) is 5.95 Å². The maximum Gasteiger partial charge on any atom is 0.228 e. The van der Waals surface area contributed by atoms with E-state index in [9.17, 15) is 0 Å². The van der Waals surface area contributed by atoms with Gasteiger partial charge in [-0.15, -0.1) is 0 Å². The van der Waals surface area contributed by atoms with Crippen LogP contribution in [0.1, 0.15) is 0 Å². The maximum absolute atomic E-state index is 5.88. The van der Waals surface area contributed by atoms with Crippen LogP contribution in [-0.4, -0.2) is 41.3 Å². The zero-order chi connectivity index (χ0) is 13.1. The summed E-state index contributed by atoms with van der Waals surface area (Å²) >= 11 is 0. The van der Waals surface area contributed by atoms with Gasteiger partial charge in [0.05, 0.1) is 18.9 Å². The molecular weight excluding hydrogens is 242 g/mol. The number of nitrogens with two attached hydrogens (primary N) is 1. The normalized spacial score (nSPS) is 15.5. The van der Waals surface area contributed by atoms with Crippen molar-refractivity contribution >= 4 is 11.8 Å². The second kappa shape index (κ2) is 5.19. The lowest BCUT2D eigenvalue weighted by molar-refractivity contribution is 0.122. The van der Waals surface area contributed by atoms with E-state index >= 15 is 0 Å². The lowest BCUT2D eigenvalue weighted by atomic mass is 10.2. The molecule has 0 aromatic carbocycles. The Kier molecular flexibility index (Phi) is 3.24. The molecule has 3 rings (SSSR count). The predicted octanol–water partition coefficient (Wildman–Crippen LogP) is 0.957. The third-order valence-corrected chi connectivity index (χ3v) is 3.00. The second-order valence-corrected chi connectivity index (χ2v) is 4.31. The van der Waals surface area contributed by atoms with Gasteiger partial charge in [-0.25, -0.2) is 4.98 Å². The van der Waals surface area contributed by atoms with Crippen molar-refractivity contribution in [2.24, 2.45) is 0 Å². The molecule has 1 aliphatic heterocycles. The number of hydrogen-bond acceptors (Lipinski definition) is 6. The molecule has 98 valence electrons. The van der Waals surface area contributed by atoms with Crippen LogP contribution in [0.2, 0.25) is 0 Å². The Labute approximate surface area is 111 Å². The lowest BCUT2D eigenvalue weighted by Gasteiger charge is -2.27. The van der Waals surface area contributed by atoms with Crippen molar-refractivity contribution in [3.8, 4) is 11.3 Å². The molecule has 2 aromatic heterocycles. The maximum atomic E-state index is 5.88. The first-order chi connectivity index (χ1) is 9.33. The van der Waals surface area contributed by atoms with Crippen LogP contribution in [0.5, 0.6) is 0 Å². The van der Waals surface area contributed by atoms with Gasteiger partial charge >= 0.3 is 0 Å². The number of nitrogen functional groups attached to an aromatic ring is 1. The van der Waals surface area contributed by atoms with Crippen molar-refractivity contribution in [2.45, 2.75) is 0 Å². The minimum absolute atomic E-state index is 0.475. The molecular formula is C13H15N5O. The zero-order valence-corrected chi connectivity index (χ0v) is 10.5. The molecule has 0 saturated carbocycles. The van der Waals surface area contributed by atoms with E-state index in [0.29, 0.717) is 25.0 Å². The van der Waals surface area contributed by atoms with Crippen LogP contribution in [0.4, 0.5) is 11.8 Å². The van der Waals surface area contributed by atoms with Crippen LogP contribution in [-0.2, 0) is 4.74 Å². The minimum atomic E-state index is 0.475. The largest absolute Gasteiger partial charge is 0.384 e. The van der Waals surface area contributed by atoms with Crippen LogP contribution < -0.4 is 10.6 Å². The predicted molar refractivity (Wildman–Crippen MR) is 72.7 cm³/mol. The first-order valence-corrected chi connectivity index (χ1v) is 6.20. The Morgan fingerprint density at radius 1 is 1.11 bits per heavy atom. The molecule has 0 radical (unpaired) electrons. The van der Waals surface area contributed by atoms with Gasteiger partial charge in [-0.3, -0.25) is 4.98 Å². The van der Waals surface area contributed by atoms with Gasteiger partial charge < -0.3 is 15.4 Å². The molecule has 1 aliphatic rings. The van der Waals surface area contributed by atoms with Gasteiger partial charge in [0.25, 0.3) is 0 Å². The molecule has 0 aliphatic carbocycles. The molecule has 6 heteroatoms. The summed E-state index contributed by atoms with van der Waals surface area (Å²) in [6.45, 7) is 2.98. The topological polar surface area (TPSA) is 77.2 Å². The van der Waals surface area contributed by atoms with Gasteiger partial charge in [0, 0.05) is 37.1 Å². The fourth-order valence-electron chi connectivity index (χ4n) is 2.03. The smallest absolute Gasteiger partial charge is 0.228 e. The molecule has 2 aromatic rings. The highest BCUT2D eigenvalue weighted by molar-refractivity contribution is 5.63. The monoisotopic (exact) mass is 257 g/mol. The average molecular weight is 257 g/mol. The van der Waals surface area contributed by atoms with E-state index < -0.39 is 0 Å². The van der Waals surface area contributed by atoms with Crippen molar-refractivity contribution in [1.82, 2.24) is 15.0 Å². The zero-order valence-electron chi connectivity index (χ0n) is 10.5. The van der Waals surface area contributed by atoms with Gasteiger partial charge in [0.15, 0.2) is 0 Å². The number of ether oxygens (including phenoxy) is 1. The number of nitrogens with zero attached hydrogens (tertiary/aromatic N) is 4. The van der Waals surface area contributed by atoms with E-state index in [0.717, 1.165) is 24.3 Å². The van der Waals surface area contributed by atoms with Gasteiger partial charge in [-0.05, 0) is 12.1 Å². The standard InChI is InChI=1S/C13H15N5O/c14-12-9-11(10-1-3-15-4-2-10)16-13(17-12)18-5-7-19-8-6-18/h1-4,9H,5-8H2,(H2,14,16,17). The Morgan fingerprint density at radius 3 is 2.58 bits per heavy atom. The highest BCUT2D eigenvalue weighted by Crippen LogP contribution is 2.21. The Hall–Kier alpha value is -2.21. The SMILES string of the molecule is Nc1cc(-c2ccncc2)nc(N2CCOCC2)n1. The van der Waals surface area contributed by atoms with Crippen LogP contribution in [0.15, 0.2) is 30.6 Å². The number of rotatable bonds is 2. The summed E-state index contributed by atoms with van der Waals surface area (Å²) < 4.78 is 5.33. The number of anilines is 2. The quantitative estimate of drug-likeness (QED) is 0.863. The first kappa shape index (κ1) is 11.9. The Balaban J connectivity index is 1.96. The lowest BCUT2D eigenvalue weighted by Crippen LogP contribution is -2.37. The summed E-state index contributed by atoms with van der Waals surface area (Å²) in [5.74, 6) is 1.14. The molecule has 2 N–H and O–H groups in total. The van der Waals surface area contributed by atoms with Crippen LogP contribution >= 0.6 is 0 Å². The van der Waals surface area contributed by atoms with Gasteiger partial charge in [-0.1, -0.05) is 0 Å². The third kappa shape index (κ3) is 2.63. The molecule has 0 unspecified atom stereocenters. The molecule has 0 atom stereocenters. The second-order valence-electron chi connectivity index (χ2n) is 4.31. The fourth-order valence-corrected chi connectivity index (χ4v) is 2.03. The number of aromatic nitrogens is 3. The van der Waals surface area contributed by atoms with Crippen LogP contribution in [0, 0.1) is 0 Å². The molecule has 0 amide bonds. The van der Waals surface area contributed by atoms with E-state index in [4.69, 9.17) is 10.5 Å². The summed E-state index contributed by atoms with van der Waals surface area (Å²) in [5.41, 5.74) is 7.68. The first-order valence-electron chi connectivity index (χ1n) is 6.20. The summed E-state index contributed by atoms with van der Waals surface area (Å²) in [4.78, 5) is 15.0. The number of pyridine rings is 1. The average Bonchev–Trinajstić information content (AvgIpc) is 2.48. The highest BCUT2D eigenvalue weighted by atomic mass is 16.5. The molecule has 19 heavy (non-hydrogen) atoms. The van der Waals surface area contributed by atoms with E-state index in [-0.39, 0.29) is 0 Å². The van der Waals surface area contributed by atoms with Crippen molar-refractivity contribution in [3.63, 3.8) is 0 Å². The third-order valence-electron chi connectivity index (χ3n) is 3.00.